The number of sulfonamides is 1. The van der Waals surface area contributed by atoms with Gasteiger partial charge in [0.2, 0.25) is 10.0 Å². The van der Waals surface area contributed by atoms with Crippen molar-refractivity contribution in [3.63, 3.8) is 0 Å². The summed E-state index contributed by atoms with van der Waals surface area (Å²) in [6.45, 7) is 4.39. The maximum atomic E-state index is 13.0. The molecule has 2 unspecified atom stereocenters. The number of rotatable bonds is 6. The Hall–Kier alpha value is -1.74. The molecule has 0 spiro atoms. The largest absolute Gasteiger partial charge is 0.378 e. The van der Waals surface area contributed by atoms with E-state index in [1.54, 1.807) is 12.1 Å². The second-order valence-corrected chi connectivity index (χ2v) is 9.74. The van der Waals surface area contributed by atoms with Crippen LogP contribution in [0.5, 0.6) is 0 Å². The zero-order chi connectivity index (χ0) is 20.3. The second-order valence-electron chi connectivity index (χ2n) is 6.89. The van der Waals surface area contributed by atoms with Crippen LogP contribution >= 0.6 is 15.9 Å². The Bertz CT molecular complexity index is 937. The Morgan fingerprint density at radius 3 is 2.43 bits per heavy atom. The number of nitrogens with zero attached hydrogens (tertiary/aromatic N) is 1. The number of ketones is 1. The average Bonchev–Trinajstić information content (AvgIpc) is 2.66. The van der Waals surface area contributed by atoms with Gasteiger partial charge in [-0.25, -0.2) is 8.42 Å². The van der Waals surface area contributed by atoms with Crippen molar-refractivity contribution in [1.29, 1.82) is 0 Å². The number of anilines is 1. The van der Waals surface area contributed by atoms with Gasteiger partial charge in [-0.3, -0.25) is 4.79 Å². The van der Waals surface area contributed by atoms with Crippen molar-refractivity contribution in [3.05, 3.63) is 58.6 Å². The Balaban J connectivity index is 1.73. The first-order chi connectivity index (χ1) is 13.3. The molecule has 6 nitrogen and oxygen atoms in total. The molecule has 0 aromatic heterocycles. The first kappa shape index (κ1) is 21.0. The summed E-state index contributed by atoms with van der Waals surface area (Å²) >= 11 is 3.37. The van der Waals surface area contributed by atoms with Crippen molar-refractivity contribution < 1.29 is 17.9 Å². The van der Waals surface area contributed by atoms with E-state index < -0.39 is 10.0 Å². The maximum Gasteiger partial charge on any atom is 0.243 e. The van der Waals surface area contributed by atoms with Gasteiger partial charge in [-0.15, -0.1) is 0 Å². The fourth-order valence-electron chi connectivity index (χ4n) is 3.16. The van der Waals surface area contributed by atoms with Crippen LogP contribution in [0.1, 0.15) is 24.2 Å². The van der Waals surface area contributed by atoms with Crippen LogP contribution in [0.25, 0.3) is 0 Å². The normalized spacial score (nSPS) is 20.7. The molecule has 1 aliphatic rings. The van der Waals surface area contributed by atoms with Crippen LogP contribution in [0.4, 0.5) is 5.69 Å². The Kier molecular flexibility index (Phi) is 6.54. The standard InChI is InChI=1S/C20H23BrN2O4S/c1-14-12-23(13-15(2)27-14)28(25,26)19-5-3-4-16(10-19)20(24)11-22-18-8-6-17(21)7-9-18/h3-10,14-15,22H,11-13H2,1-2H3. The van der Waals surface area contributed by atoms with E-state index in [0.29, 0.717) is 18.7 Å². The zero-order valence-electron chi connectivity index (χ0n) is 15.8. The van der Waals surface area contributed by atoms with Gasteiger partial charge in [0.1, 0.15) is 0 Å². The first-order valence-electron chi connectivity index (χ1n) is 9.04. The number of benzene rings is 2. The molecule has 0 saturated carbocycles. The number of ether oxygens (including phenoxy) is 1. The molecule has 1 N–H and O–H groups in total. The molecule has 0 amide bonds. The van der Waals surface area contributed by atoms with Gasteiger partial charge in [-0.05, 0) is 50.2 Å². The van der Waals surface area contributed by atoms with Crippen molar-refractivity contribution in [3.8, 4) is 0 Å². The lowest BCUT2D eigenvalue weighted by Crippen LogP contribution is -2.48. The number of carbonyl (C=O) groups is 1. The highest BCUT2D eigenvalue weighted by atomic mass is 79.9. The molecule has 2 atom stereocenters. The minimum Gasteiger partial charge on any atom is -0.378 e. The molecule has 150 valence electrons. The highest BCUT2D eigenvalue weighted by molar-refractivity contribution is 9.10. The molecule has 0 radical (unpaired) electrons. The van der Waals surface area contributed by atoms with E-state index >= 15 is 0 Å². The SMILES string of the molecule is CC1CN(S(=O)(=O)c2cccc(C(=O)CNc3ccc(Br)cc3)c2)CC(C)O1. The van der Waals surface area contributed by atoms with Crippen molar-refractivity contribution in [2.45, 2.75) is 31.0 Å². The highest BCUT2D eigenvalue weighted by Crippen LogP contribution is 2.22. The minimum absolute atomic E-state index is 0.0801. The van der Waals surface area contributed by atoms with Crippen LogP contribution in [-0.2, 0) is 14.8 Å². The van der Waals surface area contributed by atoms with Crippen LogP contribution in [0.3, 0.4) is 0 Å². The predicted octanol–water partition coefficient (Wildman–Crippen LogP) is 3.54. The van der Waals surface area contributed by atoms with Crippen molar-refractivity contribution in [2.75, 3.05) is 25.0 Å². The third kappa shape index (κ3) is 5.00. The number of halogens is 1. The van der Waals surface area contributed by atoms with Gasteiger partial charge in [-0.2, -0.15) is 4.31 Å². The van der Waals surface area contributed by atoms with Crippen LogP contribution in [0.15, 0.2) is 57.9 Å². The van der Waals surface area contributed by atoms with E-state index in [0.717, 1.165) is 10.2 Å². The van der Waals surface area contributed by atoms with E-state index in [-0.39, 0.29) is 29.4 Å². The van der Waals surface area contributed by atoms with Gasteiger partial charge >= 0.3 is 0 Å². The molecule has 1 heterocycles. The van der Waals surface area contributed by atoms with E-state index in [1.807, 2.05) is 38.1 Å². The maximum absolute atomic E-state index is 13.0. The number of carbonyl (C=O) groups excluding carboxylic acids is 1. The number of hydrogen-bond acceptors (Lipinski definition) is 5. The summed E-state index contributed by atoms with van der Waals surface area (Å²) in [6.07, 6.45) is -0.336. The molecule has 0 bridgehead atoms. The summed E-state index contributed by atoms with van der Waals surface area (Å²) in [7, 11) is -3.68. The predicted molar refractivity (Wildman–Crippen MR) is 112 cm³/mol. The third-order valence-corrected chi connectivity index (χ3v) is 6.83. The molecule has 2 aromatic rings. The van der Waals surface area contributed by atoms with Gasteiger partial charge in [0.05, 0.1) is 23.6 Å². The lowest BCUT2D eigenvalue weighted by Gasteiger charge is -2.34. The molecule has 1 fully saturated rings. The van der Waals surface area contributed by atoms with E-state index in [4.69, 9.17) is 4.74 Å². The summed E-state index contributed by atoms with van der Waals surface area (Å²) < 4.78 is 34.0. The van der Waals surface area contributed by atoms with E-state index in [9.17, 15) is 13.2 Å². The first-order valence-corrected chi connectivity index (χ1v) is 11.3. The topological polar surface area (TPSA) is 75.7 Å². The molecule has 0 aliphatic carbocycles. The summed E-state index contributed by atoms with van der Waals surface area (Å²) in [6, 6.07) is 13.7. The van der Waals surface area contributed by atoms with Gasteiger partial charge in [0.25, 0.3) is 0 Å². The molecule has 3 rings (SSSR count). The number of hydrogen-bond donors (Lipinski definition) is 1. The Morgan fingerprint density at radius 1 is 1.14 bits per heavy atom. The summed E-state index contributed by atoms with van der Waals surface area (Å²) in [5, 5.41) is 3.06. The Morgan fingerprint density at radius 2 is 1.79 bits per heavy atom. The second kappa shape index (κ2) is 8.73. The summed E-state index contributed by atoms with van der Waals surface area (Å²) in [5.41, 5.74) is 1.18. The summed E-state index contributed by atoms with van der Waals surface area (Å²) in [4.78, 5) is 12.7. The fourth-order valence-corrected chi connectivity index (χ4v) is 5.06. The van der Waals surface area contributed by atoms with Gasteiger partial charge in [0, 0.05) is 28.8 Å². The minimum atomic E-state index is -3.68. The van der Waals surface area contributed by atoms with Crippen LogP contribution in [0.2, 0.25) is 0 Å². The van der Waals surface area contributed by atoms with E-state index in [2.05, 4.69) is 21.2 Å². The lowest BCUT2D eigenvalue weighted by atomic mass is 10.1. The molecular weight excluding hydrogens is 444 g/mol. The fraction of sp³-hybridized carbons (Fsp3) is 0.350. The van der Waals surface area contributed by atoms with Crippen molar-refractivity contribution >= 4 is 37.4 Å². The quantitative estimate of drug-likeness (QED) is 0.658. The van der Waals surface area contributed by atoms with Gasteiger partial charge in [-0.1, -0.05) is 28.1 Å². The smallest absolute Gasteiger partial charge is 0.243 e. The van der Waals surface area contributed by atoms with Crippen molar-refractivity contribution in [1.82, 2.24) is 4.31 Å². The molecule has 1 saturated heterocycles. The Labute approximate surface area is 174 Å². The van der Waals surface area contributed by atoms with E-state index in [1.165, 1.54) is 16.4 Å². The molecular formula is C20H23BrN2O4S. The number of nitrogens with one attached hydrogen (secondary N) is 1. The van der Waals surface area contributed by atoms with Crippen LogP contribution in [0, 0.1) is 0 Å². The molecule has 2 aromatic carbocycles. The lowest BCUT2D eigenvalue weighted by molar-refractivity contribution is -0.0440. The molecule has 28 heavy (non-hydrogen) atoms. The molecule has 8 heteroatoms. The molecule has 1 aliphatic heterocycles. The average molecular weight is 467 g/mol. The number of Topliss-reactive ketones (excluding diaryl/α,β-unsaturated/α-hetero) is 1. The van der Waals surface area contributed by atoms with Gasteiger partial charge in [0.15, 0.2) is 5.78 Å². The summed E-state index contributed by atoms with van der Waals surface area (Å²) in [5.74, 6) is -0.177. The monoisotopic (exact) mass is 466 g/mol. The third-order valence-electron chi connectivity index (χ3n) is 4.48. The van der Waals surface area contributed by atoms with Crippen LogP contribution < -0.4 is 5.32 Å². The van der Waals surface area contributed by atoms with Crippen molar-refractivity contribution in [2.24, 2.45) is 0 Å². The highest BCUT2D eigenvalue weighted by Gasteiger charge is 2.32. The zero-order valence-corrected chi connectivity index (χ0v) is 18.2. The van der Waals surface area contributed by atoms with Gasteiger partial charge < -0.3 is 10.1 Å². The number of morpholine rings is 1. The van der Waals surface area contributed by atoms with Crippen LogP contribution in [-0.4, -0.2) is 50.3 Å².